The van der Waals surface area contributed by atoms with E-state index in [4.69, 9.17) is 21.1 Å². The monoisotopic (exact) mass is 420 g/mol. The van der Waals surface area contributed by atoms with Gasteiger partial charge in [0.15, 0.2) is 0 Å². The Hall–Kier alpha value is -2.06. The molecule has 4 rings (SSSR count). The molecular weight excluding hydrogens is 400 g/mol. The number of aromatic nitrogens is 1. The van der Waals surface area contributed by atoms with E-state index in [0.29, 0.717) is 22.9 Å². The van der Waals surface area contributed by atoms with Crippen molar-refractivity contribution in [3.8, 4) is 5.75 Å². The van der Waals surface area contributed by atoms with Gasteiger partial charge in [0.25, 0.3) is 10.0 Å². The number of morpholine rings is 1. The van der Waals surface area contributed by atoms with Crippen LogP contribution >= 0.6 is 11.6 Å². The predicted octanol–water partition coefficient (Wildman–Crippen LogP) is 3.24. The van der Waals surface area contributed by atoms with Crippen molar-refractivity contribution < 1.29 is 17.9 Å². The average Bonchev–Trinajstić information content (AvgIpc) is 3.15. The molecule has 8 heteroatoms. The van der Waals surface area contributed by atoms with E-state index in [9.17, 15) is 8.42 Å². The molecule has 0 N–H and O–H groups in total. The smallest absolute Gasteiger partial charge is 0.268 e. The molecule has 148 valence electrons. The number of halogens is 1. The lowest BCUT2D eigenvalue weighted by Crippen LogP contribution is -2.38. The van der Waals surface area contributed by atoms with Crippen molar-refractivity contribution in [2.45, 2.75) is 4.90 Å². The van der Waals surface area contributed by atoms with Crippen LogP contribution in [0.3, 0.4) is 0 Å². The molecule has 0 aliphatic carbocycles. The van der Waals surface area contributed by atoms with Crippen LogP contribution in [0.2, 0.25) is 5.02 Å². The highest BCUT2D eigenvalue weighted by Crippen LogP contribution is 2.29. The Balaban J connectivity index is 1.58. The Morgan fingerprint density at radius 1 is 1.07 bits per heavy atom. The second-order valence-electron chi connectivity index (χ2n) is 6.57. The molecule has 1 aliphatic heterocycles. The van der Waals surface area contributed by atoms with Gasteiger partial charge >= 0.3 is 0 Å². The molecule has 0 amide bonds. The number of fused-ring (bicyclic) bond motifs is 1. The molecule has 1 saturated heterocycles. The summed E-state index contributed by atoms with van der Waals surface area (Å²) in [4.78, 5) is 2.44. The van der Waals surface area contributed by atoms with E-state index < -0.39 is 10.0 Å². The van der Waals surface area contributed by atoms with Gasteiger partial charge in [-0.2, -0.15) is 0 Å². The Bertz CT molecular complexity index is 1070. The molecule has 3 aromatic rings. The van der Waals surface area contributed by atoms with E-state index in [2.05, 4.69) is 4.90 Å². The quantitative estimate of drug-likeness (QED) is 0.612. The predicted molar refractivity (Wildman–Crippen MR) is 109 cm³/mol. The van der Waals surface area contributed by atoms with Crippen LogP contribution in [0.5, 0.6) is 5.75 Å². The van der Waals surface area contributed by atoms with Gasteiger partial charge in [0, 0.05) is 36.2 Å². The zero-order valence-electron chi connectivity index (χ0n) is 15.3. The van der Waals surface area contributed by atoms with Gasteiger partial charge in [0.05, 0.1) is 23.6 Å². The van der Waals surface area contributed by atoms with Gasteiger partial charge in [0.2, 0.25) is 0 Å². The van der Waals surface area contributed by atoms with Crippen molar-refractivity contribution in [3.63, 3.8) is 0 Å². The van der Waals surface area contributed by atoms with Crippen LogP contribution in [-0.2, 0) is 14.8 Å². The van der Waals surface area contributed by atoms with Crippen molar-refractivity contribution in [2.24, 2.45) is 0 Å². The Kier molecular flexibility index (Phi) is 5.59. The SMILES string of the molecule is O=S(=O)(c1cccc(Cl)c1)n1ccc2c(OCCN3CCOCC3)cccc21. The van der Waals surface area contributed by atoms with E-state index in [1.807, 2.05) is 6.07 Å². The fraction of sp³-hybridized carbons (Fsp3) is 0.300. The second-order valence-corrected chi connectivity index (χ2v) is 8.82. The molecule has 0 unspecified atom stereocenters. The van der Waals surface area contributed by atoms with Gasteiger partial charge in [-0.05, 0) is 36.4 Å². The molecule has 6 nitrogen and oxygen atoms in total. The van der Waals surface area contributed by atoms with Gasteiger partial charge in [-0.1, -0.05) is 23.7 Å². The summed E-state index contributed by atoms with van der Waals surface area (Å²) in [6.07, 6.45) is 1.55. The van der Waals surface area contributed by atoms with E-state index in [1.54, 1.807) is 36.5 Å². The minimum absolute atomic E-state index is 0.149. The highest BCUT2D eigenvalue weighted by Gasteiger charge is 2.20. The molecule has 0 radical (unpaired) electrons. The lowest BCUT2D eigenvalue weighted by Gasteiger charge is -2.26. The fourth-order valence-corrected chi connectivity index (χ4v) is 4.95. The third-order valence-corrected chi connectivity index (χ3v) is 6.70. The Morgan fingerprint density at radius 2 is 1.86 bits per heavy atom. The minimum atomic E-state index is -3.74. The standard InChI is InChI=1S/C20H21ClN2O4S/c21-16-3-1-4-17(15-16)28(24,25)23-8-7-18-19(23)5-2-6-20(18)27-14-11-22-9-12-26-13-10-22/h1-8,15H,9-14H2. The van der Waals surface area contributed by atoms with Crippen LogP contribution in [0, 0.1) is 0 Å². The molecule has 0 atom stereocenters. The maximum Gasteiger partial charge on any atom is 0.268 e. The number of nitrogens with zero attached hydrogens (tertiary/aromatic N) is 2. The number of hydrogen-bond donors (Lipinski definition) is 0. The molecule has 0 spiro atoms. The lowest BCUT2D eigenvalue weighted by atomic mass is 10.2. The van der Waals surface area contributed by atoms with Crippen LogP contribution in [0.1, 0.15) is 0 Å². The van der Waals surface area contributed by atoms with Gasteiger partial charge in [0.1, 0.15) is 12.4 Å². The van der Waals surface area contributed by atoms with Crippen LogP contribution in [0.15, 0.2) is 59.6 Å². The molecule has 28 heavy (non-hydrogen) atoms. The highest BCUT2D eigenvalue weighted by atomic mass is 35.5. The number of benzene rings is 2. The molecule has 0 saturated carbocycles. The van der Waals surface area contributed by atoms with E-state index in [0.717, 1.165) is 38.2 Å². The minimum Gasteiger partial charge on any atom is -0.492 e. The van der Waals surface area contributed by atoms with E-state index in [-0.39, 0.29) is 4.90 Å². The fourth-order valence-electron chi connectivity index (χ4n) is 3.30. The summed E-state index contributed by atoms with van der Waals surface area (Å²) >= 11 is 5.97. The van der Waals surface area contributed by atoms with Crippen molar-refractivity contribution in [1.82, 2.24) is 8.87 Å². The molecule has 1 aromatic heterocycles. The lowest BCUT2D eigenvalue weighted by molar-refractivity contribution is 0.0323. The molecule has 2 aromatic carbocycles. The topological polar surface area (TPSA) is 60.8 Å². The first-order valence-electron chi connectivity index (χ1n) is 9.10. The first kappa shape index (κ1) is 19.3. The van der Waals surface area contributed by atoms with Crippen LogP contribution in [-0.4, -0.2) is 56.7 Å². The zero-order chi connectivity index (χ0) is 19.6. The maximum atomic E-state index is 13.0. The van der Waals surface area contributed by atoms with Crippen molar-refractivity contribution in [3.05, 3.63) is 59.8 Å². The first-order valence-corrected chi connectivity index (χ1v) is 10.9. The van der Waals surface area contributed by atoms with Gasteiger partial charge in [-0.25, -0.2) is 12.4 Å². The molecular formula is C20H21ClN2O4S. The van der Waals surface area contributed by atoms with Crippen molar-refractivity contribution in [2.75, 3.05) is 39.5 Å². The summed E-state index contributed by atoms with van der Waals surface area (Å²) in [7, 11) is -3.74. The normalized spacial score (nSPS) is 15.8. The van der Waals surface area contributed by atoms with Crippen molar-refractivity contribution in [1.29, 1.82) is 0 Å². The third kappa shape index (κ3) is 3.89. The third-order valence-electron chi connectivity index (χ3n) is 4.78. The van der Waals surface area contributed by atoms with Gasteiger partial charge < -0.3 is 9.47 Å². The Morgan fingerprint density at radius 3 is 2.64 bits per heavy atom. The number of ether oxygens (including phenoxy) is 2. The molecule has 0 bridgehead atoms. The number of rotatable bonds is 6. The number of hydrogen-bond acceptors (Lipinski definition) is 5. The first-order chi connectivity index (χ1) is 13.6. The van der Waals surface area contributed by atoms with E-state index >= 15 is 0 Å². The highest BCUT2D eigenvalue weighted by molar-refractivity contribution is 7.90. The molecule has 1 fully saturated rings. The van der Waals surface area contributed by atoms with Crippen LogP contribution in [0.25, 0.3) is 10.9 Å². The summed E-state index contributed by atoms with van der Waals surface area (Å²) in [6, 6.07) is 13.5. The molecule has 1 aliphatic rings. The summed E-state index contributed by atoms with van der Waals surface area (Å²) in [6.45, 7) is 4.65. The van der Waals surface area contributed by atoms with Crippen LogP contribution < -0.4 is 4.74 Å². The summed E-state index contributed by atoms with van der Waals surface area (Å²) < 4.78 is 38.7. The van der Waals surface area contributed by atoms with E-state index in [1.165, 1.54) is 16.1 Å². The summed E-state index contributed by atoms with van der Waals surface area (Å²) in [5.74, 6) is 0.672. The van der Waals surface area contributed by atoms with Gasteiger partial charge in [-0.3, -0.25) is 4.90 Å². The summed E-state index contributed by atoms with van der Waals surface area (Å²) in [5, 5.41) is 1.14. The molecule has 2 heterocycles. The Labute approximate surface area is 169 Å². The average molecular weight is 421 g/mol. The maximum absolute atomic E-state index is 13.0. The second kappa shape index (κ2) is 8.13. The zero-order valence-corrected chi connectivity index (χ0v) is 16.8. The van der Waals surface area contributed by atoms with Crippen LogP contribution in [0.4, 0.5) is 0 Å². The van der Waals surface area contributed by atoms with Gasteiger partial charge in [-0.15, -0.1) is 0 Å². The largest absolute Gasteiger partial charge is 0.492 e. The summed E-state index contributed by atoms with van der Waals surface area (Å²) in [5.41, 5.74) is 0.573. The van der Waals surface area contributed by atoms with Crippen molar-refractivity contribution >= 4 is 32.5 Å².